The van der Waals surface area contributed by atoms with Crippen molar-refractivity contribution in [1.29, 1.82) is 0 Å². The number of rotatable bonds is 7. The van der Waals surface area contributed by atoms with Crippen LogP contribution >= 0.6 is 0 Å². The van der Waals surface area contributed by atoms with Gasteiger partial charge in [0.05, 0.1) is 18.8 Å². The molecular formula is C16H19FO4. The summed E-state index contributed by atoms with van der Waals surface area (Å²) in [4.78, 5) is 23.0. The van der Waals surface area contributed by atoms with Gasteiger partial charge >= 0.3 is 11.9 Å². The molecule has 0 amide bonds. The normalized spacial score (nSPS) is 23.4. The van der Waals surface area contributed by atoms with Gasteiger partial charge in [-0.25, -0.2) is 14.0 Å². The summed E-state index contributed by atoms with van der Waals surface area (Å²) in [6.45, 7) is 2.07. The molecule has 0 aromatic heterocycles. The number of esters is 2. The van der Waals surface area contributed by atoms with E-state index in [-0.39, 0.29) is 31.5 Å². The van der Waals surface area contributed by atoms with Crippen molar-refractivity contribution in [2.24, 2.45) is 5.92 Å². The van der Waals surface area contributed by atoms with Crippen LogP contribution in [-0.2, 0) is 14.3 Å². The van der Waals surface area contributed by atoms with Gasteiger partial charge in [-0.15, -0.1) is 0 Å². The number of hydrogen-bond acceptors (Lipinski definition) is 4. The minimum atomic E-state index is -1.82. The maximum Gasteiger partial charge on any atom is 0.344 e. The van der Waals surface area contributed by atoms with Crippen molar-refractivity contribution in [2.45, 2.75) is 31.9 Å². The Kier molecular flexibility index (Phi) is 4.94. The molecule has 1 aliphatic rings. The molecule has 2 rings (SSSR count). The molecule has 0 N–H and O–H groups in total. The lowest BCUT2D eigenvalue weighted by molar-refractivity contribution is -0.151. The van der Waals surface area contributed by atoms with E-state index in [1.54, 1.807) is 31.2 Å². The number of benzene rings is 1. The van der Waals surface area contributed by atoms with Crippen LogP contribution in [0.2, 0.25) is 0 Å². The predicted molar refractivity (Wildman–Crippen MR) is 74.5 cm³/mol. The van der Waals surface area contributed by atoms with Crippen molar-refractivity contribution in [3.63, 3.8) is 0 Å². The Morgan fingerprint density at radius 3 is 2.67 bits per heavy atom. The van der Waals surface area contributed by atoms with Gasteiger partial charge in [0, 0.05) is 5.92 Å². The lowest BCUT2D eigenvalue weighted by Crippen LogP contribution is -2.22. The molecule has 0 unspecified atom stereocenters. The number of alkyl halides is 1. The van der Waals surface area contributed by atoms with Crippen LogP contribution in [0.3, 0.4) is 0 Å². The molecule has 0 bridgehead atoms. The van der Waals surface area contributed by atoms with Crippen molar-refractivity contribution < 1.29 is 23.5 Å². The van der Waals surface area contributed by atoms with Gasteiger partial charge in [-0.2, -0.15) is 0 Å². The second kappa shape index (κ2) is 6.70. The summed E-state index contributed by atoms with van der Waals surface area (Å²) >= 11 is 0. The van der Waals surface area contributed by atoms with Crippen LogP contribution in [-0.4, -0.2) is 30.8 Å². The summed E-state index contributed by atoms with van der Waals surface area (Å²) in [6.07, 6.45) is 1.25. The minimum absolute atomic E-state index is 0.186. The molecule has 0 aliphatic heterocycles. The molecule has 0 radical (unpaired) electrons. The van der Waals surface area contributed by atoms with Crippen molar-refractivity contribution in [2.75, 3.05) is 13.2 Å². The summed E-state index contributed by atoms with van der Waals surface area (Å²) in [6, 6.07) is 8.70. The van der Waals surface area contributed by atoms with Gasteiger partial charge in [0.15, 0.2) is 0 Å². The second-order valence-electron chi connectivity index (χ2n) is 5.13. The number of halogens is 1. The molecule has 2 atom stereocenters. The molecule has 1 saturated carbocycles. The highest BCUT2D eigenvalue weighted by Gasteiger charge is 2.62. The Bertz CT molecular complexity index is 502. The fourth-order valence-electron chi connectivity index (χ4n) is 2.28. The van der Waals surface area contributed by atoms with Crippen molar-refractivity contribution in [3.05, 3.63) is 35.9 Å². The largest absolute Gasteiger partial charge is 0.464 e. The fourth-order valence-corrected chi connectivity index (χ4v) is 2.28. The number of carbonyl (C=O) groups is 2. The summed E-state index contributed by atoms with van der Waals surface area (Å²) in [5, 5.41) is 0. The first kappa shape index (κ1) is 15.5. The zero-order valence-electron chi connectivity index (χ0n) is 12.0. The molecule has 0 saturated heterocycles. The first-order valence-electron chi connectivity index (χ1n) is 7.16. The summed E-state index contributed by atoms with van der Waals surface area (Å²) in [7, 11) is 0. The van der Waals surface area contributed by atoms with E-state index >= 15 is 0 Å². The van der Waals surface area contributed by atoms with Crippen molar-refractivity contribution in [1.82, 2.24) is 0 Å². The van der Waals surface area contributed by atoms with E-state index in [4.69, 9.17) is 9.47 Å². The van der Waals surface area contributed by atoms with Gasteiger partial charge < -0.3 is 9.47 Å². The quantitative estimate of drug-likeness (QED) is 0.573. The number of ether oxygens (including phenoxy) is 2. The molecular weight excluding hydrogens is 275 g/mol. The Hall–Kier alpha value is -1.91. The van der Waals surface area contributed by atoms with E-state index in [1.807, 2.05) is 6.07 Å². The van der Waals surface area contributed by atoms with Gasteiger partial charge in [0.25, 0.3) is 0 Å². The summed E-state index contributed by atoms with van der Waals surface area (Å²) in [5.74, 6) is -1.47. The highest BCUT2D eigenvalue weighted by Crippen LogP contribution is 2.50. The average Bonchev–Trinajstić information content (AvgIpc) is 3.17. The Morgan fingerprint density at radius 2 is 2.00 bits per heavy atom. The molecule has 1 aromatic carbocycles. The second-order valence-corrected chi connectivity index (χ2v) is 5.13. The molecule has 1 aromatic rings. The topological polar surface area (TPSA) is 52.6 Å². The highest BCUT2D eigenvalue weighted by molar-refractivity contribution is 5.89. The third kappa shape index (κ3) is 3.80. The van der Waals surface area contributed by atoms with Gasteiger partial charge in [-0.3, -0.25) is 0 Å². The van der Waals surface area contributed by atoms with Crippen molar-refractivity contribution in [3.8, 4) is 0 Å². The van der Waals surface area contributed by atoms with Crippen LogP contribution in [0.1, 0.15) is 36.5 Å². The van der Waals surface area contributed by atoms with E-state index in [1.165, 1.54) is 0 Å². The molecule has 0 heterocycles. The lowest BCUT2D eigenvalue weighted by Gasteiger charge is -2.07. The van der Waals surface area contributed by atoms with Gasteiger partial charge in [0.1, 0.15) is 0 Å². The van der Waals surface area contributed by atoms with E-state index in [2.05, 4.69) is 0 Å². The predicted octanol–water partition coefficient (Wildman–Crippen LogP) is 2.91. The maximum absolute atomic E-state index is 14.0. The van der Waals surface area contributed by atoms with Gasteiger partial charge in [0.2, 0.25) is 5.67 Å². The maximum atomic E-state index is 14.0. The van der Waals surface area contributed by atoms with Crippen LogP contribution in [0, 0.1) is 5.92 Å². The standard InChI is InChI=1S/C16H19FO4/c1-2-20-15(19)16(17)11-13(16)9-6-10-21-14(18)12-7-4-3-5-8-12/h3-5,7-8,13H,2,6,9-11H2,1H3/t13-,16+/m0/s1. The molecule has 5 heteroatoms. The first-order valence-corrected chi connectivity index (χ1v) is 7.16. The van der Waals surface area contributed by atoms with Gasteiger partial charge in [-0.05, 0) is 38.3 Å². The first-order chi connectivity index (χ1) is 10.1. The molecule has 1 fully saturated rings. The Balaban J connectivity index is 1.65. The van der Waals surface area contributed by atoms with Crippen LogP contribution in [0.25, 0.3) is 0 Å². The van der Waals surface area contributed by atoms with E-state index < -0.39 is 11.6 Å². The van der Waals surface area contributed by atoms with Crippen LogP contribution in [0.15, 0.2) is 30.3 Å². The number of carbonyl (C=O) groups excluding carboxylic acids is 2. The zero-order chi connectivity index (χ0) is 15.3. The fraction of sp³-hybridized carbons (Fsp3) is 0.500. The third-order valence-electron chi connectivity index (χ3n) is 3.58. The van der Waals surface area contributed by atoms with Crippen LogP contribution in [0.5, 0.6) is 0 Å². The van der Waals surface area contributed by atoms with E-state index in [9.17, 15) is 14.0 Å². The van der Waals surface area contributed by atoms with Gasteiger partial charge in [-0.1, -0.05) is 18.2 Å². The monoisotopic (exact) mass is 294 g/mol. The highest BCUT2D eigenvalue weighted by atomic mass is 19.1. The smallest absolute Gasteiger partial charge is 0.344 e. The third-order valence-corrected chi connectivity index (χ3v) is 3.58. The minimum Gasteiger partial charge on any atom is -0.464 e. The molecule has 0 spiro atoms. The summed E-state index contributed by atoms with van der Waals surface area (Å²) < 4.78 is 23.8. The average molecular weight is 294 g/mol. The molecule has 21 heavy (non-hydrogen) atoms. The van der Waals surface area contributed by atoms with E-state index in [0.29, 0.717) is 18.4 Å². The molecule has 4 nitrogen and oxygen atoms in total. The molecule has 114 valence electrons. The Labute approximate surface area is 123 Å². The lowest BCUT2D eigenvalue weighted by atomic mass is 10.2. The Morgan fingerprint density at radius 1 is 1.29 bits per heavy atom. The van der Waals surface area contributed by atoms with Crippen LogP contribution < -0.4 is 0 Å². The van der Waals surface area contributed by atoms with Crippen molar-refractivity contribution >= 4 is 11.9 Å². The van der Waals surface area contributed by atoms with E-state index in [0.717, 1.165) is 0 Å². The molecule has 1 aliphatic carbocycles. The number of hydrogen-bond donors (Lipinski definition) is 0. The zero-order valence-corrected chi connectivity index (χ0v) is 12.0. The summed E-state index contributed by atoms with van der Waals surface area (Å²) in [5.41, 5.74) is -1.32. The van der Waals surface area contributed by atoms with Crippen LogP contribution in [0.4, 0.5) is 4.39 Å². The SMILES string of the molecule is CCOC(=O)[C@@]1(F)C[C@@H]1CCCOC(=O)c1ccccc1.